The maximum absolute atomic E-state index is 13.6. The molecule has 0 unspecified atom stereocenters. The van der Waals surface area contributed by atoms with E-state index in [1.165, 1.54) is 6.07 Å². The van der Waals surface area contributed by atoms with Crippen molar-refractivity contribution < 1.29 is 31.1 Å². The average Bonchev–Trinajstić information content (AvgIpc) is 2.82. The van der Waals surface area contributed by atoms with Crippen LogP contribution in [0, 0.1) is 0 Å². The van der Waals surface area contributed by atoms with E-state index in [0.717, 1.165) is 22.0 Å². The van der Waals surface area contributed by atoms with Gasteiger partial charge in [0.2, 0.25) is 10.0 Å². The molecule has 1 atom stereocenters. The Morgan fingerprint density at radius 1 is 0.971 bits per heavy atom. The van der Waals surface area contributed by atoms with Gasteiger partial charge in [-0.05, 0) is 41.0 Å². The van der Waals surface area contributed by atoms with Crippen LogP contribution < -0.4 is 0 Å². The third kappa shape index (κ3) is 4.96. The number of nitrogens with zero attached hydrogens (tertiary/aromatic N) is 1. The zero-order chi connectivity index (χ0) is 24.5. The molecule has 3 aromatic rings. The molecule has 1 heterocycles. The van der Waals surface area contributed by atoms with E-state index in [-0.39, 0.29) is 19.6 Å². The van der Waals surface area contributed by atoms with Crippen LogP contribution in [-0.4, -0.2) is 24.7 Å². The molecule has 4 rings (SSSR count). The second-order valence-electron chi connectivity index (χ2n) is 7.77. The van der Waals surface area contributed by atoms with Crippen molar-refractivity contribution in [2.75, 3.05) is 0 Å². The second-order valence-corrected chi connectivity index (χ2v) is 10.1. The van der Waals surface area contributed by atoms with Gasteiger partial charge < -0.3 is 4.74 Å². The summed E-state index contributed by atoms with van der Waals surface area (Å²) in [6.07, 6.45) is -4.91. The number of rotatable bonds is 5. The summed E-state index contributed by atoms with van der Waals surface area (Å²) >= 11 is 5.86. The van der Waals surface area contributed by atoms with E-state index in [9.17, 15) is 26.4 Å². The molecule has 0 spiro atoms. The summed E-state index contributed by atoms with van der Waals surface area (Å²) in [6.45, 7) is -0.396. The van der Waals surface area contributed by atoms with Gasteiger partial charge in [0.15, 0.2) is 0 Å². The van der Waals surface area contributed by atoms with Gasteiger partial charge >= 0.3 is 12.1 Å². The van der Waals surface area contributed by atoms with E-state index in [1.54, 1.807) is 48.5 Å². The minimum Gasteiger partial charge on any atom is -0.460 e. The van der Waals surface area contributed by atoms with Crippen molar-refractivity contribution in [3.8, 4) is 0 Å². The first-order valence-corrected chi connectivity index (χ1v) is 12.0. The lowest BCUT2D eigenvalue weighted by Crippen LogP contribution is -2.49. The molecule has 0 N–H and O–H groups in total. The molecule has 0 bridgehead atoms. The molecular formula is C24H19ClF3NO4S. The Bertz CT molecular complexity index is 1310. The monoisotopic (exact) mass is 509 g/mol. The molecule has 10 heteroatoms. The van der Waals surface area contributed by atoms with E-state index in [0.29, 0.717) is 22.2 Å². The lowest BCUT2D eigenvalue weighted by Gasteiger charge is -2.35. The molecule has 0 radical (unpaired) electrons. The molecule has 178 valence electrons. The van der Waals surface area contributed by atoms with Crippen molar-refractivity contribution in [1.29, 1.82) is 0 Å². The first kappa shape index (κ1) is 24.3. The molecule has 0 aromatic heterocycles. The topological polar surface area (TPSA) is 63.7 Å². The molecular weight excluding hydrogens is 491 g/mol. The smallest absolute Gasteiger partial charge is 0.417 e. The highest BCUT2D eigenvalue weighted by Crippen LogP contribution is 2.37. The maximum atomic E-state index is 13.6. The zero-order valence-electron chi connectivity index (χ0n) is 17.6. The van der Waals surface area contributed by atoms with Crippen LogP contribution in [0.5, 0.6) is 0 Å². The molecule has 0 aliphatic carbocycles. The summed E-state index contributed by atoms with van der Waals surface area (Å²) in [5.41, 5.74) is 0.678. The Balaban J connectivity index is 1.70. The molecule has 0 fully saturated rings. The second kappa shape index (κ2) is 9.40. The number of hydrogen-bond acceptors (Lipinski definition) is 4. The van der Waals surface area contributed by atoms with Gasteiger partial charge in [-0.15, -0.1) is 0 Å². The first-order chi connectivity index (χ1) is 16.1. The van der Waals surface area contributed by atoms with Crippen LogP contribution in [0.1, 0.15) is 22.3 Å². The third-order valence-corrected chi connectivity index (χ3v) is 7.72. The summed E-state index contributed by atoms with van der Waals surface area (Å²) in [7, 11) is -4.71. The van der Waals surface area contributed by atoms with Crippen LogP contribution in [0.3, 0.4) is 0 Å². The molecule has 1 aliphatic rings. The number of benzene rings is 3. The number of esters is 1. The Hall–Kier alpha value is -2.88. The Kier molecular flexibility index (Phi) is 6.71. The fraction of sp³-hybridized carbons (Fsp3) is 0.208. The van der Waals surface area contributed by atoms with Crippen LogP contribution in [0.15, 0.2) is 77.7 Å². The predicted molar refractivity (Wildman–Crippen MR) is 119 cm³/mol. The van der Waals surface area contributed by atoms with E-state index in [2.05, 4.69) is 0 Å². The average molecular weight is 510 g/mol. The van der Waals surface area contributed by atoms with Crippen LogP contribution in [0.25, 0.3) is 0 Å². The maximum Gasteiger partial charge on any atom is 0.417 e. The summed E-state index contributed by atoms with van der Waals surface area (Å²) in [4.78, 5) is 12.1. The summed E-state index contributed by atoms with van der Waals surface area (Å²) < 4.78 is 73.9. The van der Waals surface area contributed by atoms with Crippen LogP contribution >= 0.6 is 11.6 Å². The van der Waals surface area contributed by atoms with Crippen molar-refractivity contribution >= 4 is 27.6 Å². The van der Waals surface area contributed by atoms with Crippen molar-refractivity contribution in [3.63, 3.8) is 0 Å². The van der Waals surface area contributed by atoms with Gasteiger partial charge in [0.05, 0.1) is 10.5 Å². The molecule has 5 nitrogen and oxygen atoms in total. The summed E-state index contributed by atoms with van der Waals surface area (Å²) in [5.74, 6) is -0.850. The van der Waals surface area contributed by atoms with E-state index < -0.39 is 38.7 Å². The number of halogens is 4. The van der Waals surface area contributed by atoms with Crippen molar-refractivity contribution in [1.82, 2.24) is 4.31 Å². The van der Waals surface area contributed by atoms with Crippen LogP contribution in [-0.2, 0) is 45.3 Å². The fourth-order valence-corrected chi connectivity index (χ4v) is 5.73. The van der Waals surface area contributed by atoms with Crippen molar-refractivity contribution in [2.24, 2.45) is 0 Å². The van der Waals surface area contributed by atoms with Crippen LogP contribution in [0.4, 0.5) is 13.2 Å². The molecule has 1 aliphatic heterocycles. The SMILES string of the molecule is O=C(OCc1ccc(Cl)cc1)[C@H]1Cc2ccccc2CN1S(=O)(=O)c1ccccc1C(F)(F)F. The van der Waals surface area contributed by atoms with Gasteiger partial charge in [0.25, 0.3) is 0 Å². The lowest BCUT2D eigenvalue weighted by molar-refractivity contribution is -0.150. The van der Waals surface area contributed by atoms with E-state index in [1.807, 2.05) is 0 Å². The Labute approximate surface area is 199 Å². The minimum absolute atomic E-state index is 0.0248. The third-order valence-electron chi connectivity index (χ3n) is 5.55. The summed E-state index contributed by atoms with van der Waals surface area (Å²) in [6, 6.07) is 16.0. The zero-order valence-corrected chi connectivity index (χ0v) is 19.2. The van der Waals surface area contributed by atoms with Crippen molar-refractivity contribution in [3.05, 3.63) is 100 Å². The van der Waals surface area contributed by atoms with Crippen molar-refractivity contribution in [2.45, 2.75) is 36.7 Å². The molecule has 0 amide bonds. The van der Waals surface area contributed by atoms with Gasteiger partial charge in [-0.3, -0.25) is 4.79 Å². The number of carbonyl (C=O) groups excluding carboxylic acids is 1. The Morgan fingerprint density at radius 3 is 2.26 bits per heavy atom. The fourth-order valence-electron chi connectivity index (χ4n) is 3.84. The normalized spacial score (nSPS) is 16.6. The first-order valence-electron chi connectivity index (χ1n) is 10.2. The van der Waals surface area contributed by atoms with E-state index in [4.69, 9.17) is 16.3 Å². The van der Waals surface area contributed by atoms with Gasteiger partial charge in [0.1, 0.15) is 12.6 Å². The highest BCUT2D eigenvalue weighted by Gasteiger charge is 2.44. The molecule has 0 saturated heterocycles. The molecule has 34 heavy (non-hydrogen) atoms. The van der Waals surface area contributed by atoms with Crippen LogP contribution in [0.2, 0.25) is 5.02 Å². The quantitative estimate of drug-likeness (QED) is 0.442. The van der Waals surface area contributed by atoms with Gasteiger partial charge in [-0.1, -0.05) is 60.1 Å². The standard InChI is InChI=1S/C24H19ClF3NO4S/c25-19-11-9-16(10-12-19)15-33-23(30)21-13-17-5-1-2-6-18(17)14-29(21)34(31,32)22-8-4-3-7-20(22)24(26,27)28/h1-12,21H,13-15H2/t21-/m1/s1. The van der Waals surface area contributed by atoms with Gasteiger partial charge in [0, 0.05) is 18.0 Å². The number of carbonyl (C=O) groups is 1. The molecule has 3 aromatic carbocycles. The highest BCUT2D eigenvalue weighted by atomic mass is 35.5. The predicted octanol–water partition coefficient (Wildman–Crippen LogP) is 5.22. The number of alkyl halides is 3. The van der Waals surface area contributed by atoms with E-state index >= 15 is 0 Å². The summed E-state index contributed by atoms with van der Waals surface area (Å²) in [5, 5.41) is 0.500. The number of hydrogen-bond donors (Lipinski definition) is 0. The number of ether oxygens (including phenoxy) is 1. The molecule has 0 saturated carbocycles. The number of sulfonamides is 1. The Morgan fingerprint density at radius 2 is 1.59 bits per heavy atom. The lowest BCUT2D eigenvalue weighted by atomic mass is 9.96. The highest BCUT2D eigenvalue weighted by molar-refractivity contribution is 7.89. The van der Waals surface area contributed by atoms with Gasteiger partial charge in [-0.25, -0.2) is 8.42 Å². The largest absolute Gasteiger partial charge is 0.460 e. The minimum atomic E-state index is -4.89. The number of fused-ring (bicyclic) bond motifs is 1. The van der Waals surface area contributed by atoms with Gasteiger partial charge in [-0.2, -0.15) is 17.5 Å².